The van der Waals surface area contributed by atoms with Crippen molar-refractivity contribution in [2.45, 2.75) is 62.9 Å². The van der Waals surface area contributed by atoms with E-state index < -0.39 is 11.0 Å². The molecule has 3 aromatic carbocycles. The lowest BCUT2D eigenvalue weighted by Gasteiger charge is -2.62. The zero-order chi connectivity index (χ0) is 26.5. The summed E-state index contributed by atoms with van der Waals surface area (Å²) in [4.78, 5) is 25.9. The number of ketones is 1. The number of aliphatic hydroxyl groups is 1. The highest BCUT2D eigenvalue weighted by Crippen LogP contribution is 2.63. The Labute approximate surface area is 223 Å². The highest BCUT2D eigenvalue weighted by Gasteiger charge is 2.65. The normalized spacial score (nSPS) is 27.8. The maximum atomic E-state index is 13.2. The fraction of sp³-hybridized carbons (Fsp3) is 0.394. The molecule has 0 spiro atoms. The third kappa shape index (κ3) is 3.87. The van der Waals surface area contributed by atoms with Crippen LogP contribution in [0.25, 0.3) is 11.1 Å². The number of fused-ring (bicyclic) bond motifs is 1. The van der Waals surface area contributed by atoms with E-state index in [1.165, 1.54) is 5.56 Å². The van der Waals surface area contributed by atoms with Crippen molar-refractivity contribution < 1.29 is 19.8 Å². The Morgan fingerprint density at radius 1 is 1.00 bits per heavy atom. The van der Waals surface area contributed by atoms with Gasteiger partial charge in [-0.3, -0.25) is 9.59 Å². The summed E-state index contributed by atoms with van der Waals surface area (Å²) in [6.45, 7) is 2.62. The number of rotatable bonds is 5. The fourth-order valence-corrected chi connectivity index (χ4v) is 7.61. The molecule has 38 heavy (non-hydrogen) atoms. The second kappa shape index (κ2) is 9.39. The minimum absolute atomic E-state index is 0.0594. The highest BCUT2D eigenvalue weighted by atomic mass is 16.3. The van der Waals surface area contributed by atoms with Crippen molar-refractivity contribution in [1.29, 1.82) is 0 Å². The van der Waals surface area contributed by atoms with Gasteiger partial charge in [-0.05, 0) is 72.3 Å². The van der Waals surface area contributed by atoms with Crippen LogP contribution in [0.1, 0.15) is 66.1 Å². The number of nitrogens with one attached hydrogen (secondary N) is 1. The molecule has 2 fully saturated rings. The zero-order valence-electron chi connectivity index (χ0n) is 21.9. The first kappa shape index (κ1) is 24.9. The third-order valence-electron chi connectivity index (χ3n) is 9.63. The number of Topliss-reactive ketones (excluding diaryl/α,β-unsaturated/α-hetero) is 1. The summed E-state index contributed by atoms with van der Waals surface area (Å²) in [5.41, 5.74) is 3.42. The Hall–Kier alpha value is -3.44. The first-order chi connectivity index (χ1) is 18.3. The maximum absolute atomic E-state index is 13.2. The molecule has 5 heteroatoms. The molecule has 3 N–H and O–H groups in total. The van der Waals surface area contributed by atoms with Gasteiger partial charge in [-0.2, -0.15) is 0 Å². The monoisotopic (exact) mass is 509 g/mol. The van der Waals surface area contributed by atoms with Crippen LogP contribution in [0.4, 0.5) is 0 Å². The SMILES string of the molecule is CC1CC[C@]23CC(=O)CC[C@@]2(O)[C@H]1Cc1ccc(C(=O)NCCc2ccc(-c4ccccc4)cc2)c(O)c13. The number of phenolic OH excluding ortho intramolecular Hbond substituents is 1. The van der Waals surface area contributed by atoms with Crippen LogP contribution in [0.3, 0.4) is 0 Å². The lowest BCUT2D eigenvalue weighted by atomic mass is 9.44. The summed E-state index contributed by atoms with van der Waals surface area (Å²) < 4.78 is 0. The van der Waals surface area contributed by atoms with Gasteiger partial charge >= 0.3 is 0 Å². The van der Waals surface area contributed by atoms with E-state index in [0.717, 1.165) is 23.1 Å². The smallest absolute Gasteiger partial charge is 0.255 e. The number of carbonyl (C=O) groups excluding carboxylic acids is 2. The first-order valence-electron chi connectivity index (χ1n) is 13.8. The minimum Gasteiger partial charge on any atom is -0.507 e. The fourth-order valence-electron chi connectivity index (χ4n) is 7.61. The summed E-state index contributed by atoms with van der Waals surface area (Å²) in [7, 11) is 0. The predicted molar refractivity (Wildman–Crippen MR) is 147 cm³/mol. The summed E-state index contributed by atoms with van der Waals surface area (Å²) in [5.74, 6) is 0.141. The Kier molecular flexibility index (Phi) is 6.14. The largest absolute Gasteiger partial charge is 0.507 e. The molecule has 0 aromatic heterocycles. The van der Waals surface area contributed by atoms with Crippen molar-refractivity contribution in [3.63, 3.8) is 0 Å². The summed E-state index contributed by atoms with van der Waals surface area (Å²) >= 11 is 0. The average molecular weight is 510 g/mol. The molecule has 3 aliphatic rings. The van der Waals surface area contributed by atoms with Crippen LogP contribution in [0, 0.1) is 11.8 Å². The van der Waals surface area contributed by atoms with E-state index in [-0.39, 0.29) is 35.3 Å². The highest BCUT2D eigenvalue weighted by molar-refractivity contribution is 5.98. The molecule has 3 aliphatic carbocycles. The molecular weight excluding hydrogens is 474 g/mol. The van der Waals surface area contributed by atoms with Gasteiger partial charge < -0.3 is 15.5 Å². The van der Waals surface area contributed by atoms with Crippen molar-refractivity contribution in [2.75, 3.05) is 6.54 Å². The molecule has 196 valence electrons. The van der Waals surface area contributed by atoms with Gasteiger partial charge in [-0.15, -0.1) is 0 Å². The molecule has 0 radical (unpaired) electrons. The molecule has 4 atom stereocenters. The van der Waals surface area contributed by atoms with Crippen LogP contribution in [0.2, 0.25) is 0 Å². The summed E-state index contributed by atoms with van der Waals surface area (Å²) in [6.07, 6.45) is 3.93. The van der Waals surface area contributed by atoms with Gasteiger partial charge in [0, 0.05) is 30.4 Å². The van der Waals surface area contributed by atoms with Crippen LogP contribution in [0.15, 0.2) is 66.7 Å². The van der Waals surface area contributed by atoms with Crippen LogP contribution in [-0.4, -0.2) is 34.0 Å². The molecular formula is C33H35NO4. The molecule has 2 saturated carbocycles. The number of benzene rings is 3. The topological polar surface area (TPSA) is 86.6 Å². The predicted octanol–water partition coefficient (Wildman–Crippen LogP) is 5.36. The Balaban J connectivity index is 1.21. The van der Waals surface area contributed by atoms with E-state index in [9.17, 15) is 19.8 Å². The minimum atomic E-state index is -1.02. The first-order valence-corrected chi connectivity index (χ1v) is 13.8. The molecule has 0 heterocycles. The molecule has 0 saturated heterocycles. The van der Waals surface area contributed by atoms with Gasteiger partial charge in [0.15, 0.2) is 0 Å². The van der Waals surface area contributed by atoms with E-state index in [0.29, 0.717) is 50.1 Å². The van der Waals surface area contributed by atoms with E-state index in [2.05, 4.69) is 48.6 Å². The zero-order valence-corrected chi connectivity index (χ0v) is 21.9. The molecule has 0 aliphatic heterocycles. The van der Waals surface area contributed by atoms with Crippen molar-refractivity contribution in [1.82, 2.24) is 5.32 Å². The number of hydrogen-bond acceptors (Lipinski definition) is 4. The van der Waals surface area contributed by atoms with Gasteiger partial charge in [-0.1, -0.05) is 67.6 Å². The third-order valence-corrected chi connectivity index (χ3v) is 9.63. The van der Waals surface area contributed by atoms with Crippen LogP contribution >= 0.6 is 0 Å². The van der Waals surface area contributed by atoms with E-state index >= 15 is 0 Å². The van der Waals surface area contributed by atoms with Crippen molar-refractivity contribution in [2.24, 2.45) is 11.8 Å². The van der Waals surface area contributed by atoms with Crippen molar-refractivity contribution >= 4 is 11.7 Å². The van der Waals surface area contributed by atoms with E-state index in [4.69, 9.17) is 0 Å². The van der Waals surface area contributed by atoms with Crippen LogP contribution in [0.5, 0.6) is 5.75 Å². The molecule has 1 unspecified atom stereocenters. The molecule has 1 amide bonds. The molecule has 3 aromatic rings. The quantitative estimate of drug-likeness (QED) is 0.432. The van der Waals surface area contributed by atoms with Gasteiger partial charge in [0.05, 0.1) is 11.2 Å². The van der Waals surface area contributed by atoms with Gasteiger partial charge in [-0.25, -0.2) is 0 Å². The Morgan fingerprint density at radius 2 is 1.74 bits per heavy atom. The average Bonchev–Trinajstić information content (AvgIpc) is 2.92. The summed E-state index contributed by atoms with van der Waals surface area (Å²) in [6, 6.07) is 22.2. The van der Waals surface area contributed by atoms with Crippen molar-refractivity contribution in [3.8, 4) is 16.9 Å². The molecule has 2 bridgehead atoms. The maximum Gasteiger partial charge on any atom is 0.255 e. The van der Waals surface area contributed by atoms with Gasteiger partial charge in [0.25, 0.3) is 5.91 Å². The Bertz CT molecular complexity index is 1380. The van der Waals surface area contributed by atoms with Gasteiger partial charge in [0.1, 0.15) is 11.5 Å². The van der Waals surface area contributed by atoms with Crippen LogP contribution in [-0.2, 0) is 23.1 Å². The summed E-state index contributed by atoms with van der Waals surface area (Å²) in [5, 5.41) is 26.5. The second-order valence-electron chi connectivity index (χ2n) is 11.6. The second-order valence-corrected chi connectivity index (χ2v) is 11.6. The molecule has 5 nitrogen and oxygen atoms in total. The standard InChI is InChI=1S/C33H35NO4/c1-21-13-16-32-20-26(35)14-17-33(32,38)28(21)19-25-11-12-27(30(36)29(25)32)31(37)34-18-15-22-7-9-24(10-8-22)23-5-3-2-4-6-23/h2-12,21,28,36,38H,13-20H2,1H3,(H,34,37)/t21?,28-,32+,33+/m0/s1. The number of carbonyl (C=O) groups is 2. The number of aromatic hydroxyl groups is 1. The van der Waals surface area contributed by atoms with E-state index in [1.807, 2.05) is 24.3 Å². The van der Waals surface area contributed by atoms with Crippen LogP contribution < -0.4 is 5.32 Å². The lowest BCUT2D eigenvalue weighted by Crippen LogP contribution is -2.66. The lowest BCUT2D eigenvalue weighted by molar-refractivity contribution is -0.170. The number of phenols is 1. The number of amides is 1. The van der Waals surface area contributed by atoms with Crippen molar-refractivity contribution in [3.05, 3.63) is 89.0 Å². The Morgan fingerprint density at radius 3 is 2.50 bits per heavy atom. The van der Waals surface area contributed by atoms with E-state index in [1.54, 1.807) is 6.07 Å². The number of hydrogen-bond donors (Lipinski definition) is 3. The molecule has 6 rings (SSSR count). The van der Waals surface area contributed by atoms with Gasteiger partial charge in [0.2, 0.25) is 0 Å².